The van der Waals surface area contributed by atoms with Crippen LogP contribution in [0.2, 0.25) is 0 Å². The molecular weight excluding hydrogens is 190 g/mol. The number of rotatable bonds is 8. The van der Waals surface area contributed by atoms with Gasteiger partial charge < -0.3 is 10.8 Å². The average Bonchev–Trinajstić information content (AvgIpc) is 2.97. The van der Waals surface area contributed by atoms with E-state index in [2.05, 4.69) is 6.92 Å². The molecule has 1 fully saturated rings. The lowest BCUT2D eigenvalue weighted by atomic mass is 9.91. The molecule has 3 nitrogen and oxygen atoms in total. The van der Waals surface area contributed by atoms with Crippen LogP contribution in [0.1, 0.15) is 45.4 Å². The first kappa shape index (κ1) is 12.5. The normalized spacial score (nSPS) is 19.9. The quantitative estimate of drug-likeness (QED) is 0.650. The minimum Gasteiger partial charge on any atom is -0.481 e. The van der Waals surface area contributed by atoms with Crippen molar-refractivity contribution in [2.75, 3.05) is 6.54 Å². The van der Waals surface area contributed by atoms with E-state index >= 15 is 0 Å². The molecular formula is C12H23NO2. The molecule has 1 saturated carbocycles. The van der Waals surface area contributed by atoms with Crippen LogP contribution in [0.3, 0.4) is 0 Å². The molecule has 1 aliphatic carbocycles. The summed E-state index contributed by atoms with van der Waals surface area (Å²) in [6.07, 6.45) is 7.30. The summed E-state index contributed by atoms with van der Waals surface area (Å²) in [6.45, 7) is 2.40. The van der Waals surface area contributed by atoms with Gasteiger partial charge in [0, 0.05) is 6.54 Å². The lowest BCUT2D eigenvalue weighted by molar-refractivity contribution is -0.141. The zero-order valence-electron chi connectivity index (χ0n) is 9.61. The van der Waals surface area contributed by atoms with Gasteiger partial charge in [-0.1, -0.05) is 39.0 Å². The number of nitrogens with two attached hydrogens (primary N) is 1. The number of carbonyl (C=O) groups is 1. The van der Waals surface area contributed by atoms with Gasteiger partial charge in [0.15, 0.2) is 0 Å². The summed E-state index contributed by atoms with van der Waals surface area (Å²) in [5, 5.41) is 8.87. The highest BCUT2D eigenvalue weighted by Gasteiger charge is 2.22. The van der Waals surface area contributed by atoms with Gasteiger partial charge in [-0.15, -0.1) is 0 Å². The van der Waals surface area contributed by atoms with E-state index in [9.17, 15) is 4.79 Å². The molecule has 0 bridgehead atoms. The summed E-state index contributed by atoms with van der Waals surface area (Å²) < 4.78 is 0. The summed E-state index contributed by atoms with van der Waals surface area (Å²) >= 11 is 0. The van der Waals surface area contributed by atoms with Crippen LogP contribution in [-0.2, 0) is 4.79 Å². The van der Waals surface area contributed by atoms with Crippen molar-refractivity contribution in [1.82, 2.24) is 0 Å². The second kappa shape index (κ2) is 6.11. The molecule has 0 radical (unpaired) electrons. The Labute approximate surface area is 92.0 Å². The van der Waals surface area contributed by atoms with Crippen LogP contribution in [0.5, 0.6) is 0 Å². The second-order valence-electron chi connectivity index (χ2n) is 4.99. The molecule has 1 rings (SSSR count). The van der Waals surface area contributed by atoms with Gasteiger partial charge in [0.2, 0.25) is 0 Å². The largest absolute Gasteiger partial charge is 0.481 e. The molecule has 0 amide bonds. The highest BCUT2D eigenvalue weighted by atomic mass is 16.4. The van der Waals surface area contributed by atoms with Crippen molar-refractivity contribution in [3.05, 3.63) is 0 Å². The van der Waals surface area contributed by atoms with E-state index in [0.717, 1.165) is 18.8 Å². The zero-order valence-corrected chi connectivity index (χ0v) is 9.61. The fourth-order valence-corrected chi connectivity index (χ4v) is 2.06. The van der Waals surface area contributed by atoms with Crippen molar-refractivity contribution >= 4 is 5.97 Å². The summed E-state index contributed by atoms with van der Waals surface area (Å²) in [7, 11) is 0. The lowest BCUT2D eigenvalue weighted by Crippen LogP contribution is -2.25. The first-order valence-electron chi connectivity index (χ1n) is 6.06. The predicted octanol–water partition coefficient (Wildman–Crippen LogP) is 2.25. The van der Waals surface area contributed by atoms with E-state index in [1.54, 1.807) is 0 Å². The number of carboxylic acid groups (broad SMARTS) is 1. The summed E-state index contributed by atoms with van der Waals surface area (Å²) in [5.74, 6) is 0.392. The number of hydrogen-bond acceptors (Lipinski definition) is 2. The van der Waals surface area contributed by atoms with Gasteiger partial charge in [0.05, 0.1) is 5.92 Å². The molecule has 1 aliphatic rings. The summed E-state index contributed by atoms with van der Waals surface area (Å²) in [5.41, 5.74) is 5.43. The molecule has 0 unspecified atom stereocenters. The second-order valence-corrected chi connectivity index (χ2v) is 4.99. The van der Waals surface area contributed by atoms with Gasteiger partial charge in [0.25, 0.3) is 0 Å². The monoisotopic (exact) mass is 213 g/mol. The minimum absolute atomic E-state index is 0.266. The third-order valence-corrected chi connectivity index (χ3v) is 3.33. The van der Waals surface area contributed by atoms with Crippen molar-refractivity contribution in [3.63, 3.8) is 0 Å². The Morgan fingerprint density at radius 1 is 1.53 bits per heavy atom. The molecule has 0 spiro atoms. The van der Waals surface area contributed by atoms with Gasteiger partial charge in [0.1, 0.15) is 0 Å². The SMILES string of the molecule is C[C@H](CCCC1CC1)C[C@H](CN)C(=O)O. The highest BCUT2D eigenvalue weighted by Crippen LogP contribution is 2.34. The third-order valence-electron chi connectivity index (χ3n) is 3.33. The predicted molar refractivity (Wildman–Crippen MR) is 60.5 cm³/mol. The third kappa shape index (κ3) is 5.17. The van der Waals surface area contributed by atoms with Crippen LogP contribution in [0.4, 0.5) is 0 Å². The van der Waals surface area contributed by atoms with E-state index in [1.165, 1.54) is 25.7 Å². The van der Waals surface area contributed by atoms with E-state index in [-0.39, 0.29) is 12.5 Å². The smallest absolute Gasteiger partial charge is 0.307 e. The molecule has 88 valence electrons. The average molecular weight is 213 g/mol. The van der Waals surface area contributed by atoms with E-state index in [0.29, 0.717) is 5.92 Å². The molecule has 0 aromatic rings. The lowest BCUT2D eigenvalue weighted by Gasteiger charge is -2.15. The minimum atomic E-state index is -0.744. The van der Waals surface area contributed by atoms with Crippen molar-refractivity contribution in [1.29, 1.82) is 0 Å². The molecule has 3 heteroatoms. The van der Waals surface area contributed by atoms with E-state index < -0.39 is 5.97 Å². The Hall–Kier alpha value is -0.570. The van der Waals surface area contributed by atoms with Gasteiger partial charge in [-0.05, 0) is 18.3 Å². The number of hydrogen-bond donors (Lipinski definition) is 2. The van der Waals surface area contributed by atoms with Crippen LogP contribution < -0.4 is 5.73 Å². The van der Waals surface area contributed by atoms with Crippen LogP contribution >= 0.6 is 0 Å². The van der Waals surface area contributed by atoms with Crippen LogP contribution in [0, 0.1) is 17.8 Å². The van der Waals surface area contributed by atoms with Crippen LogP contribution in [0.25, 0.3) is 0 Å². The van der Waals surface area contributed by atoms with Gasteiger partial charge >= 0.3 is 5.97 Å². The highest BCUT2D eigenvalue weighted by molar-refractivity contribution is 5.70. The molecule has 3 N–H and O–H groups in total. The van der Waals surface area contributed by atoms with E-state index in [4.69, 9.17) is 10.8 Å². The maximum atomic E-state index is 10.8. The van der Waals surface area contributed by atoms with E-state index in [1.807, 2.05) is 0 Å². The van der Waals surface area contributed by atoms with Crippen LogP contribution in [-0.4, -0.2) is 17.6 Å². The molecule has 0 saturated heterocycles. The molecule has 15 heavy (non-hydrogen) atoms. The first-order chi connectivity index (χ1) is 7.13. The Kier molecular flexibility index (Phi) is 5.09. The standard InChI is InChI=1S/C12H23NO2/c1-9(3-2-4-10-5-6-10)7-11(8-13)12(14)15/h9-11H,2-8,13H2,1H3,(H,14,15)/t9-,11-/m1/s1. The Balaban J connectivity index is 2.09. The first-order valence-corrected chi connectivity index (χ1v) is 6.06. The fourth-order valence-electron chi connectivity index (χ4n) is 2.06. The topological polar surface area (TPSA) is 63.3 Å². The maximum Gasteiger partial charge on any atom is 0.307 e. The van der Waals surface area contributed by atoms with Gasteiger partial charge in [-0.2, -0.15) is 0 Å². The molecule has 0 heterocycles. The molecule has 0 aliphatic heterocycles. The molecule has 0 aromatic heterocycles. The molecule has 0 aromatic carbocycles. The maximum absolute atomic E-state index is 10.8. The van der Waals surface area contributed by atoms with Crippen molar-refractivity contribution in [3.8, 4) is 0 Å². The zero-order chi connectivity index (χ0) is 11.3. The Bertz CT molecular complexity index is 202. The Morgan fingerprint density at radius 3 is 2.67 bits per heavy atom. The van der Waals surface area contributed by atoms with Crippen molar-refractivity contribution in [2.45, 2.75) is 45.4 Å². The fraction of sp³-hybridized carbons (Fsp3) is 0.917. The van der Waals surface area contributed by atoms with Crippen molar-refractivity contribution in [2.24, 2.45) is 23.5 Å². The molecule has 2 atom stereocenters. The number of carboxylic acids is 1. The Morgan fingerprint density at radius 2 is 2.20 bits per heavy atom. The van der Waals surface area contributed by atoms with Gasteiger partial charge in [-0.25, -0.2) is 0 Å². The summed E-state index contributed by atoms with van der Waals surface area (Å²) in [6, 6.07) is 0. The number of aliphatic carboxylic acids is 1. The van der Waals surface area contributed by atoms with Crippen LogP contribution in [0.15, 0.2) is 0 Å². The summed E-state index contributed by atoms with van der Waals surface area (Å²) in [4.78, 5) is 10.8. The van der Waals surface area contributed by atoms with Crippen molar-refractivity contribution < 1.29 is 9.90 Å². The van der Waals surface area contributed by atoms with Gasteiger partial charge in [-0.3, -0.25) is 4.79 Å².